The van der Waals surface area contributed by atoms with Gasteiger partial charge in [-0.3, -0.25) is 0 Å². The fourth-order valence-corrected chi connectivity index (χ4v) is 2.72. The summed E-state index contributed by atoms with van der Waals surface area (Å²) in [5.41, 5.74) is 3.56. The van der Waals surface area contributed by atoms with Crippen molar-refractivity contribution < 1.29 is 9.15 Å². The zero-order valence-electron chi connectivity index (χ0n) is 13.4. The number of benzene rings is 2. The highest BCUT2D eigenvalue weighted by Gasteiger charge is 2.17. The predicted octanol–water partition coefficient (Wildman–Crippen LogP) is 4.79. The van der Waals surface area contributed by atoms with E-state index in [1.165, 1.54) is 0 Å². The zero-order valence-corrected chi connectivity index (χ0v) is 13.4. The summed E-state index contributed by atoms with van der Waals surface area (Å²) in [4.78, 5) is 0. The van der Waals surface area contributed by atoms with Crippen molar-refractivity contribution in [1.29, 1.82) is 5.26 Å². The Morgan fingerprint density at radius 2 is 1.91 bits per heavy atom. The largest absolute Gasteiger partial charge is 0.497 e. The molecule has 23 heavy (non-hydrogen) atoms. The van der Waals surface area contributed by atoms with E-state index < -0.39 is 0 Å². The van der Waals surface area contributed by atoms with E-state index in [1.54, 1.807) is 19.2 Å². The molecular weight excluding hydrogens is 288 g/mol. The maximum absolute atomic E-state index is 8.85. The molecule has 0 aliphatic heterocycles. The van der Waals surface area contributed by atoms with Crippen molar-refractivity contribution in [2.45, 2.75) is 19.9 Å². The normalized spacial score (nSPS) is 11.9. The third-order valence-corrected chi connectivity index (χ3v) is 3.97. The molecule has 1 aromatic heterocycles. The average Bonchev–Trinajstić information content (AvgIpc) is 2.92. The highest BCUT2D eigenvalue weighted by molar-refractivity contribution is 5.83. The third kappa shape index (κ3) is 2.86. The quantitative estimate of drug-likeness (QED) is 0.752. The molecule has 1 N–H and O–H groups in total. The van der Waals surface area contributed by atoms with Crippen LogP contribution in [0.4, 0.5) is 5.69 Å². The van der Waals surface area contributed by atoms with Gasteiger partial charge in [0.05, 0.1) is 24.8 Å². The number of hydrogen-bond acceptors (Lipinski definition) is 4. The van der Waals surface area contributed by atoms with Gasteiger partial charge in [0.1, 0.15) is 17.1 Å². The van der Waals surface area contributed by atoms with Crippen LogP contribution in [0.3, 0.4) is 0 Å². The maximum Gasteiger partial charge on any atom is 0.134 e. The van der Waals surface area contributed by atoms with Crippen LogP contribution in [0, 0.1) is 18.3 Å². The van der Waals surface area contributed by atoms with Gasteiger partial charge in [-0.05, 0) is 56.3 Å². The van der Waals surface area contributed by atoms with Crippen molar-refractivity contribution in [2.24, 2.45) is 0 Å². The van der Waals surface area contributed by atoms with Crippen molar-refractivity contribution in [1.82, 2.24) is 0 Å². The number of rotatable bonds is 4. The summed E-state index contributed by atoms with van der Waals surface area (Å²) in [6.45, 7) is 4.11. The van der Waals surface area contributed by atoms with Gasteiger partial charge >= 0.3 is 0 Å². The van der Waals surface area contributed by atoms with Gasteiger partial charge in [-0.1, -0.05) is 0 Å². The molecule has 4 nitrogen and oxygen atoms in total. The third-order valence-electron chi connectivity index (χ3n) is 3.97. The Labute approximate surface area is 135 Å². The molecule has 1 heterocycles. The predicted molar refractivity (Wildman–Crippen MR) is 90.7 cm³/mol. The van der Waals surface area contributed by atoms with Gasteiger partial charge in [0.15, 0.2) is 0 Å². The first-order valence-electron chi connectivity index (χ1n) is 7.46. The molecule has 0 spiro atoms. The standard InChI is InChI=1S/C19H18N2O2/c1-12-17-10-16(22-3)8-9-18(17)23-19(12)13(2)21-15-6-4-14(11-20)5-7-15/h4-10,13,21H,1-3H3. The monoisotopic (exact) mass is 306 g/mol. The Kier molecular flexibility index (Phi) is 3.94. The smallest absolute Gasteiger partial charge is 0.134 e. The van der Waals surface area contributed by atoms with Gasteiger partial charge in [0, 0.05) is 16.6 Å². The van der Waals surface area contributed by atoms with Crippen LogP contribution >= 0.6 is 0 Å². The fourth-order valence-electron chi connectivity index (χ4n) is 2.72. The number of nitriles is 1. The second kappa shape index (κ2) is 6.05. The van der Waals surface area contributed by atoms with Gasteiger partial charge in [-0.2, -0.15) is 5.26 Å². The van der Waals surface area contributed by atoms with E-state index >= 15 is 0 Å². The summed E-state index contributed by atoms with van der Waals surface area (Å²) >= 11 is 0. The molecule has 0 aliphatic rings. The number of ether oxygens (including phenoxy) is 1. The summed E-state index contributed by atoms with van der Waals surface area (Å²) in [7, 11) is 1.66. The van der Waals surface area contributed by atoms with Crippen LogP contribution in [-0.4, -0.2) is 7.11 Å². The number of anilines is 1. The minimum atomic E-state index is 0.0151. The fraction of sp³-hybridized carbons (Fsp3) is 0.211. The molecule has 0 saturated heterocycles. The van der Waals surface area contributed by atoms with Gasteiger partial charge in [-0.15, -0.1) is 0 Å². The molecule has 1 unspecified atom stereocenters. The summed E-state index contributed by atoms with van der Waals surface area (Å²) in [5, 5.41) is 13.3. The molecule has 0 amide bonds. The van der Waals surface area contributed by atoms with Crippen LogP contribution in [0.15, 0.2) is 46.9 Å². The van der Waals surface area contributed by atoms with Gasteiger partial charge < -0.3 is 14.5 Å². The second-order valence-electron chi connectivity index (χ2n) is 5.51. The molecule has 0 bridgehead atoms. The van der Waals surface area contributed by atoms with E-state index in [2.05, 4.69) is 25.2 Å². The van der Waals surface area contributed by atoms with Crippen LogP contribution < -0.4 is 10.1 Å². The number of fused-ring (bicyclic) bond motifs is 1. The Hall–Kier alpha value is -2.93. The summed E-state index contributed by atoms with van der Waals surface area (Å²) < 4.78 is 11.3. The average molecular weight is 306 g/mol. The van der Waals surface area contributed by atoms with E-state index in [4.69, 9.17) is 14.4 Å². The Morgan fingerprint density at radius 1 is 1.17 bits per heavy atom. The first kappa shape index (κ1) is 15.0. The van der Waals surface area contributed by atoms with E-state index in [9.17, 15) is 0 Å². The number of furan rings is 1. The summed E-state index contributed by atoms with van der Waals surface area (Å²) in [6, 6.07) is 15.3. The van der Waals surface area contributed by atoms with Crippen LogP contribution in [0.25, 0.3) is 11.0 Å². The van der Waals surface area contributed by atoms with Crippen LogP contribution in [0.2, 0.25) is 0 Å². The molecule has 116 valence electrons. The lowest BCUT2D eigenvalue weighted by Gasteiger charge is -2.14. The molecule has 0 radical (unpaired) electrons. The Morgan fingerprint density at radius 3 is 2.57 bits per heavy atom. The number of methoxy groups -OCH3 is 1. The van der Waals surface area contributed by atoms with Crippen LogP contribution in [-0.2, 0) is 0 Å². The zero-order chi connectivity index (χ0) is 16.4. The number of nitrogens with zero attached hydrogens (tertiary/aromatic N) is 1. The summed E-state index contributed by atoms with van der Waals surface area (Å²) in [6.07, 6.45) is 0. The lowest BCUT2D eigenvalue weighted by atomic mass is 10.1. The molecule has 0 aliphatic carbocycles. The molecule has 3 rings (SSSR count). The molecule has 0 saturated carbocycles. The van der Waals surface area contributed by atoms with E-state index in [1.807, 2.05) is 30.3 Å². The minimum absolute atomic E-state index is 0.0151. The Bertz CT molecular complexity index is 873. The first-order valence-corrected chi connectivity index (χ1v) is 7.46. The first-order chi connectivity index (χ1) is 11.1. The molecule has 3 aromatic rings. The van der Waals surface area contributed by atoms with Crippen molar-refractivity contribution >= 4 is 16.7 Å². The highest BCUT2D eigenvalue weighted by Crippen LogP contribution is 2.33. The lowest BCUT2D eigenvalue weighted by molar-refractivity contribution is 0.415. The molecule has 4 heteroatoms. The number of aryl methyl sites for hydroxylation is 1. The number of hydrogen-bond donors (Lipinski definition) is 1. The SMILES string of the molecule is COc1ccc2oc(C(C)Nc3ccc(C#N)cc3)c(C)c2c1. The van der Waals surface area contributed by atoms with Crippen molar-refractivity contribution in [3.63, 3.8) is 0 Å². The molecular formula is C19H18N2O2. The van der Waals surface area contributed by atoms with Crippen molar-refractivity contribution in [2.75, 3.05) is 12.4 Å². The highest BCUT2D eigenvalue weighted by atomic mass is 16.5. The van der Waals surface area contributed by atoms with Crippen molar-refractivity contribution in [3.05, 3.63) is 59.4 Å². The topological polar surface area (TPSA) is 58.2 Å². The second-order valence-corrected chi connectivity index (χ2v) is 5.51. The van der Waals surface area contributed by atoms with Crippen LogP contribution in [0.5, 0.6) is 5.75 Å². The number of nitrogens with one attached hydrogen (secondary N) is 1. The van der Waals surface area contributed by atoms with E-state index in [-0.39, 0.29) is 6.04 Å². The molecule has 1 atom stereocenters. The summed E-state index contributed by atoms with van der Waals surface area (Å²) in [5.74, 6) is 1.72. The van der Waals surface area contributed by atoms with Gasteiger partial charge in [0.25, 0.3) is 0 Å². The van der Waals surface area contributed by atoms with E-state index in [0.29, 0.717) is 5.56 Å². The lowest BCUT2D eigenvalue weighted by Crippen LogP contribution is -2.06. The van der Waals surface area contributed by atoms with Gasteiger partial charge in [-0.25, -0.2) is 0 Å². The Balaban J connectivity index is 1.89. The molecule has 0 fully saturated rings. The van der Waals surface area contributed by atoms with Crippen molar-refractivity contribution in [3.8, 4) is 11.8 Å². The molecule has 2 aromatic carbocycles. The van der Waals surface area contributed by atoms with E-state index in [0.717, 1.165) is 33.7 Å². The minimum Gasteiger partial charge on any atom is -0.497 e. The maximum atomic E-state index is 8.85. The van der Waals surface area contributed by atoms with Crippen LogP contribution in [0.1, 0.15) is 29.9 Å². The van der Waals surface area contributed by atoms with Gasteiger partial charge in [0.2, 0.25) is 0 Å².